The zero-order chi connectivity index (χ0) is 12.3. The highest BCUT2D eigenvalue weighted by molar-refractivity contribution is 5.60. The number of hydrogen-bond donors (Lipinski definition) is 2. The molecule has 0 saturated carbocycles. The van der Waals surface area contributed by atoms with Crippen molar-refractivity contribution in [3.05, 3.63) is 33.9 Å². The molecule has 5 nitrogen and oxygen atoms in total. The molecule has 0 aliphatic heterocycles. The fraction of sp³-hybridized carbons (Fsp3) is 0.273. The van der Waals surface area contributed by atoms with Crippen molar-refractivity contribution in [1.82, 2.24) is 0 Å². The summed E-state index contributed by atoms with van der Waals surface area (Å²) in [5.41, 5.74) is 5.10. The molecule has 1 aromatic rings. The first-order valence-corrected chi connectivity index (χ1v) is 4.59. The zero-order valence-corrected chi connectivity index (χ0v) is 9.02. The van der Waals surface area contributed by atoms with Crippen molar-refractivity contribution >= 4 is 11.4 Å². The van der Waals surface area contributed by atoms with Gasteiger partial charge >= 0.3 is 0 Å². The molecule has 1 rings (SSSR count). The highest BCUT2D eigenvalue weighted by Crippen LogP contribution is 2.19. The number of nitrogen functional groups attached to an aromatic ring is 1. The van der Waals surface area contributed by atoms with Gasteiger partial charge in [-0.1, -0.05) is 11.8 Å². The van der Waals surface area contributed by atoms with Crippen molar-refractivity contribution in [2.24, 2.45) is 0 Å². The van der Waals surface area contributed by atoms with Crippen LogP contribution in [-0.2, 0) is 0 Å². The third-order valence-electron chi connectivity index (χ3n) is 1.75. The monoisotopic (exact) mass is 220 g/mol. The Morgan fingerprint density at radius 3 is 2.56 bits per heavy atom. The van der Waals surface area contributed by atoms with Crippen LogP contribution in [0.3, 0.4) is 0 Å². The molecule has 84 valence electrons. The fourth-order valence-electron chi connectivity index (χ4n) is 0.998. The standard InChI is InChI=1S/C11H12N2O3/c1-11(2,14)6-5-8-3-4-9(13(15)16)7-10(8)12/h3-4,7,14H,12H2,1-2H3. The Balaban J connectivity index is 3.08. The van der Waals surface area contributed by atoms with Gasteiger partial charge in [0.15, 0.2) is 0 Å². The van der Waals surface area contributed by atoms with E-state index in [0.29, 0.717) is 5.56 Å². The number of nitrogens with zero attached hydrogens (tertiary/aromatic N) is 1. The minimum Gasteiger partial charge on any atom is -0.398 e. The number of nitro groups is 1. The number of anilines is 1. The summed E-state index contributed by atoms with van der Waals surface area (Å²) >= 11 is 0. The molecule has 0 spiro atoms. The zero-order valence-electron chi connectivity index (χ0n) is 9.02. The summed E-state index contributed by atoms with van der Waals surface area (Å²) in [6, 6.07) is 4.03. The summed E-state index contributed by atoms with van der Waals surface area (Å²) < 4.78 is 0. The molecule has 5 heteroatoms. The smallest absolute Gasteiger partial charge is 0.271 e. The van der Waals surface area contributed by atoms with Crippen molar-refractivity contribution in [3.63, 3.8) is 0 Å². The van der Waals surface area contributed by atoms with Crippen molar-refractivity contribution in [2.75, 3.05) is 5.73 Å². The van der Waals surface area contributed by atoms with Crippen LogP contribution in [0, 0.1) is 22.0 Å². The molecular weight excluding hydrogens is 208 g/mol. The molecular formula is C11H12N2O3. The van der Waals surface area contributed by atoms with Crippen LogP contribution in [0.5, 0.6) is 0 Å². The van der Waals surface area contributed by atoms with Crippen LogP contribution in [0.2, 0.25) is 0 Å². The Hall–Kier alpha value is -2.06. The third kappa shape index (κ3) is 3.26. The van der Waals surface area contributed by atoms with E-state index < -0.39 is 10.5 Å². The molecule has 0 fully saturated rings. The molecule has 0 unspecified atom stereocenters. The van der Waals surface area contributed by atoms with Gasteiger partial charge in [-0.25, -0.2) is 0 Å². The van der Waals surface area contributed by atoms with Gasteiger partial charge < -0.3 is 10.8 Å². The van der Waals surface area contributed by atoms with Gasteiger partial charge in [-0.05, 0) is 19.9 Å². The molecule has 0 heterocycles. The van der Waals surface area contributed by atoms with Crippen LogP contribution >= 0.6 is 0 Å². The van der Waals surface area contributed by atoms with Crippen LogP contribution in [0.1, 0.15) is 19.4 Å². The van der Waals surface area contributed by atoms with E-state index >= 15 is 0 Å². The Morgan fingerprint density at radius 2 is 2.12 bits per heavy atom. The van der Waals surface area contributed by atoms with Gasteiger partial charge in [0, 0.05) is 17.7 Å². The highest BCUT2D eigenvalue weighted by atomic mass is 16.6. The van der Waals surface area contributed by atoms with Gasteiger partial charge in [0.05, 0.1) is 10.6 Å². The minimum absolute atomic E-state index is 0.0775. The van der Waals surface area contributed by atoms with Gasteiger partial charge in [0.25, 0.3) is 5.69 Å². The SMILES string of the molecule is CC(C)(O)C#Cc1ccc([N+](=O)[O-])cc1N. The summed E-state index contributed by atoms with van der Waals surface area (Å²) in [5.74, 6) is 5.25. The molecule has 3 N–H and O–H groups in total. The number of aliphatic hydroxyl groups is 1. The van der Waals surface area contributed by atoms with Gasteiger partial charge in [0.1, 0.15) is 5.60 Å². The first-order valence-electron chi connectivity index (χ1n) is 4.59. The quantitative estimate of drug-likeness (QED) is 0.323. The lowest BCUT2D eigenvalue weighted by Crippen LogP contribution is -2.14. The number of non-ortho nitro benzene ring substituents is 1. The fourth-order valence-corrected chi connectivity index (χ4v) is 0.998. The molecule has 1 aromatic carbocycles. The van der Waals surface area contributed by atoms with E-state index in [0.717, 1.165) is 0 Å². The minimum atomic E-state index is -1.12. The lowest BCUT2D eigenvalue weighted by atomic mass is 10.1. The van der Waals surface area contributed by atoms with Crippen LogP contribution in [0.15, 0.2) is 18.2 Å². The van der Waals surface area contributed by atoms with Crippen molar-refractivity contribution < 1.29 is 10.0 Å². The molecule has 0 bridgehead atoms. The number of hydrogen-bond acceptors (Lipinski definition) is 4. The van der Waals surface area contributed by atoms with E-state index in [1.165, 1.54) is 18.2 Å². The second kappa shape index (κ2) is 4.21. The normalized spacial score (nSPS) is 10.4. The van der Waals surface area contributed by atoms with Gasteiger partial charge in [-0.3, -0.25) is 10.1 Å². The predicted molar refractivity (Wildman–Crippen MR) is 60.7 cm³/mol. The molecule has 0 aliphatic carbocycles. The second-order valence-corrected chi connectivity index (χ2v) is 3.84. The van der Waals surface area contributed by atoms with Crippen LogP contribution in [0.4, 0.5) is 11.4 Å². The van der Waals surface area contributed by atoms with Crippen LogP contribution in [0.25, 0.3) is 0 Å². The lowest BCUT2D eigenvalue weighted by Gasteiger charge is -2.06. The van der Waals surface area contributed by atoms with E-state index in [2.05, 4.69) is 11.8 Å². The summed E-state index contributed by atoms with van der Waals surface area (Å²) in [7, 11) is 0. The Bertz CT molecular complexity index is 478. The molecule has 0 radical (unpaired) electrons. The predicted octanol–water partition coefficient (Wildman–Crippen LogP) is 1.30. The van der Waals surface area contributed by atoms with E-state index in [9.17, 15) is 15.2 Å². The molecule has 0 atom stereocenters. The topological polar surface area (TPSA) is 89.4 Å². The number of nitro benzene ring substituents is 1. The first kappa shape index (κ1) is 12.0. The summed E-state index contributed by atoms with van der Waals surface area (Å²) in [6.07, 6.45) is 0. The van der Waals surface area contributed by atoms with E-state index in [4.69, 9.17) is 5.73 Å². The van der Waals surface area contributed by atoms with Crippen LogP contribution < -0.4 is 5.73 Å². The maximum Gasteiger partial charge on any atom is 0.271 e. The van der Waals surface area contributed by atoms with E-state index in [1.54, 1.807) is 13.8 Å². The second-order valence-electron chi connectivity index (χ2n) is 3.84. The highest BCUT2D eigenvalue weighted by Gasteiger charge is 2.09. The largest absolute Gasteiger partial charge is 0.398 e. The number of nitrogens with two attached hydrogens (primary N) is 1. The van der Waals surface area contributed by atoms with Gasteiger partial charge in [-0.15, -0.1) is 0 Å². The Labute approximate surface area is 93.0 Å². The maximum absolute atomic E-state index is 10.5. The van der Waals surface area contributed by atoms with E-state index in [-0.39, 0.29) is 11.4 Å². The average molecular weight is 220 g/mol. The lowest BCUT2D eigenvalue weighted by molar-refractivity contribution is -0.384. The summed E-state index contributed by atoms with van der Waals surface area (Å²) in [4.78, 5) is 9.93. The molecule has 16 heavy (non-hydrogen) atoms. The summed E-state index contributed by atoms with van der Waals surface area (Å²) in [6.45, 7) is 3.09. The maximum atomic E-state index is 10.5. The third-order valence-corrected chi connectivity index (χ3v) is 1.75. The molecule has 0 aromatic heterocycles. The van der Waals surface area contributed by atoms with Crippen LogP contribution in [-0.4, -0.2) is 15.6 Å². The Kier molecular flexibility index (Phi) is 3.16. The van der Waals surface area contributed by atoms with E-state index in [1.807, 2.05) is 0 Å². The first-order chi connectivity index (χ1) is 7.29. The Morgan fingerprint density at radius 1 is 1.50 bits per heavy atom. The average Bonchev–Trinajstić information content (AvgIpc) is 2.14. The number of benzene rings is 1. The molecule has 0 amide bonds. The molecule has 0 saturated heterocycles. The van der Waals surface area contributed by atoms with Crippen molar-refractivity contribution in [2.45, 2.75) is 19.4 Å². The van der Waals surface area contributed by atoms with Gasteiger partial charge in [0.2, 0.25) is 0 Å². The van der Waals surface area contributed by atoms with Crippen molar-refractivity contribution in [3.8, 4) is 11.8 Å². The molecule has 0 aliphatic rings. The van der Waals surface area contributed by atoms with Gasteiger partial charge in [-0.2, -0.15) is 0 Å². The van der Waals surface area contributed by atoms with Crippen molar-refractivity contribution in [1.29, 1.82) is 0 Å². The number of rotatable bonds is 1. The summed E-state index contributed by atoms with van der Waals surface area (Å²) in [5, 5.41) is 19.8.